The lowest BCUT2D eigenvalue weighted by molar-refractivity contribution is 0.103. The van der Waals surface area contributed by atoms with Crippen molar-refractivity contribution in [2.45, 2.75) is 4.90 Å². The molecular formula is C21H19NO5S. The molecule has 1 N–H and O–H groups in total. The molecule has 0 saturated carbocycles. The Morgan fingerprint density at radius 2 is 1.32 bits per heavy atom. The molecule has 0 amide bonds. The Labute approximate surface area is 163 Å². The number of nitrogens with one attached hydrogen (secondary N) is 1. The Kier molecular flexibility index (Phi) is 5.65. The van der Waals surface area contributed by atoms with Gasteiger partial charge in [0.05, 0.1) is 24.8 Å². The van der Waals surface area contributed by atoms with Gasteiger partial charge in [0.25, 0.3) is 10.0 Å². The van der Waals surface area contributed by atoms with Gasteiger partial charge in [0.15, 0.2) is 5.78 Å². The van der Waals surface area contributed by atoms with Crippen LogP contribution in [0.3, 0.4) is 0 Å². The van der Waals surface area contributed by atoms with Crippen molar-refractivity contribution in [1.82, 2.24) is 0 Å². The number of hydrogen-bond acceptors (Lipinski definition) is 5. The number of rotatable bonds is 7. The summed E-state index contributed by atoms with van der Waals surface area (Å²) < 4.78 is 38.1. The minimum absolute atomic E-state index is 0.0694. The van der Waals surface area contributed by atoms with Gasteiger partial charge >= 0.3 is 0 Å². The minimum Gasteiger partial charge on any atom is -0.497 e. The van der Waals surface area contributed by atoms with Gasteiger partial charge in [-0.25, -0.2) is 8.42 Å². The summed E-state index contributed by atoms with van der Waals surface area (Å²) >= 11 is 0. The molecular weight excluding hydrogens is 378 g/mol. The fourth-order valence-corrected chi connectivity index (χ4v) is 3.71. The second-order valence-electron chi connectivity index (χ2n) is 5.88. The standard InChI is InChI=1S/C21H19NO5S/c1-26-16-9-7-15(8-10-16)21(23)19-5-3-4-6-20(19)22-28(24,25)18-13-11-17(27-2)12-14-18/h3-14,22H,1-2H3. The van der Waals surface area contributed by atoms with Crippen molar-refractivity contribution in [3.05, 3.63) is 83.9 Å². The van der Waals surface area contributed by atoms with Crippen LogP contribution in [0, 0.1) is 0 Å². The highest BCUT2D eigenvalue weighted by atomic mass is 32.2. The molecule has 0 aliphatic heterocycles. The van der Waals surface area contributed by atoms with Crippen molar-refractivity contribution in [1.29, 1.82) is 0 Å². The van der Waals surface area contributed by atoms with Gasteiger partial charge in [-0.3, -0.25) is 9.52 Å². The van der Waals surface area contributed by atoms with Gasteiger partial charge in [0.1, 0.15) is 11.5 Å². The largest absolute Gasteiger partial charge is 0.497 e. The maximum atomic E-state index is 12.9. The zero-order valence-corrected chi connectivity index (χ0v) is 16.2. The summed E-state index contributed by atoms with van der Waals surface area (Å²) in [6.07, 6.45) is 0. The average Bonchev–Trinajstić information content (AvgIpc) is 2.73. The number of anilines is 1. The molecule has 3 aromatic rings. The van der Waals surface area contributed by atoms with E-state index < -0.39 is 10.0 Å². The average molecular weight is 397 g/mol. The normalized spacial score (nSPS) is 10.9. The number of hydrogen-bond donors (Lipinski definition) is 1. The summed E-state index contributed by atoms with van der Waals surface area (Å²) in [5.74, 6) is 0.884. The maximum Gasteiger partial charge on any atom is 0.261 e. The fourth-order valence-electron chi connectivity index (χ4n) is 2.63. The van der Waals surface area contributed by atoms with Crippen molar-refractivity contribution in [2.24, 2.45) is 0 Å². The SMILES string of the molecule is COc1ccc(C(=O)c2ccccc2NS(=O)(=O)c2ccc(OC)cc2)cc1. The molecule has 0 saturated heterocycles. The van der Waals surface area contributed by atoms with Gasteiger partial charge < -0.3 is 9.47 Å². The molecule has 0 aliphatic carbocycles. The van der Waals surface area contributed by atoms with E-state index in [9.17, 15) is 13.2 Å². The van der Waals surface area contributed by atoms with Crippen LogP contribution in [0.2, 0.25) is 0 Å². The molecule has 3 rings (SSSR count). The number of sulfonamides is 1. The van der Waals surface area contributed by atoms with Crippen LogP contribution in [-0.4, -0.2) is 28.4 Å². The molecule has 0 atom stereocenters. The lowest BCUT2D eigenvalue weighted by Gasteiger charge is -2.12. The number of methoxy groups -OCH3 is 2. The van der Waals surface area contributed by atoms with Crippen LogP contribution in [-0.2, 0) is 10.0 Å². The molecule has 0 unspecified atom stereocenters. The highest BCUT2D eigenvalue weighted by Crippen LogP contribution is 2.24. The van der Waals surface area contributed by atoms with Crippen LogP contribution in [0.4, 0.5) is 5.69 Å². The Bertz CT molecular complexity index is 1070. The summed E-state index contributed by atoms with van der Waals surface area (Å²) in [4.78, 5) is 12.9. The van der Waals surface area contributed by atoms with E-state index in [0.717, 1.165) is 0 Å². The van der Waals surface area contributed by atoms with E-state index >= 15 is 0 Å². The number of benzene rings is 3. The molecule has 3 aromatic carbocycles. The zero-order chi connectivity index (χ0) is 20.1. The summed E-state index contributed by atoms with van der Waals surface area (Å²) in [5.41, 5.74) is 0.890. The maximum absolute atomic E-state index is 12.9. The Morgan fingerprint density at radius 1 is 0.786 bits per heavy atom. The van der Waals surface area contributed by atoms with Crippen LogP contribution in [0.1, 0.15) is 15.9 Å². The van der Waals surface area contributed by atoms with Crippen molar-refractivity contribution < 1.29 is 22.7 Å². The third kappa shape index (κ3) is 4.15. The molecule has 28 heavy (non-hydrogen) atoms. The molecule has 0 bridgehead atoms. The topological polar surface area (TPSA) is 81.7 Å². The quantitative estimate of drug-likeness (QED) is 0.614. The number of ketones is 1. The van der Waals surface area contributed by atoms with Crippen molar-refractivity contribution in [2.75, 3.05) is 18.9 Å². The molecule has 0 aliphatic rings. The first-order valence-corrected chi connectivity index (χ1v) is 9.87. The summed E-state index contributed by atoms with van der Waals surface area (Å²) in [6, 6.07) is 19.1. The van der Waals surface area contributed by atoms with Gasteiger partial charge in [0, 0.05) is 11.1 Å². The van der Waals surface area contributed by atoms with E-state index in [-0.39, 0.29) is 21.9 Å². The fraction of sp³-hybridized carbons (Fsp3) is 0.0952. The first-order valence-electron chi connectivity index (χ1n) is 8.39. The van der Waals surface area contributed by atoms with Gasteiger partial charge in [-0.15, -0.1) is 0 Å². The smallest absolute Gasteiger partial charge is 0.261 e. The zero-order valence-electron chi connectivity index (χ0n) is 15.4. The van der Waals surface area contributed by atoms with Crippen molar-refractivity contribution in [3.8, 4) is 11.5 Å². The van der Waals surface area contributed by atoms with E-state index in [2.05, 4.69) is 4.72 Å². The van der Waals surface area contributed by atoms with E-state index in [4.69, 9.17) is 9.47 Å². The Morgan fingerprint density at radius 3 is 1.89 bits per heavy atom. The summed E-state index contributed by atoms with van der Waals surface area (Å²) in [5, 5.41) is 0. The predicted octanol–water partition coefficient (Wildman–Crippen LogP) is 3.74. The molecule has 0 fully saturated rings. The van der Waals surface area contributed by atoms with Crippen LogP contribution in [0.15, 0.2) is 77.7 Å². The minimum atomic E-state index is -3.86. The highest BCUT2D eigenvalue weighted by molar-refractivity contribution is 7.92. The highest BCUT2D eigenvalue weighted by Gasteiger charge is 2.19. The van der Waals surface area contributed by atoms with E-state index in [1.54, 1.807) is 67.8 Å². The monoisotopic (exact) mass is 397 g/mol. The Balaban J connectivity index is 1.91. The first-order chi connectivity index (χ1) is 13.4. The third-order valence-electron chi connectivity index (χ3n) is 4.14. The van der Waals surface area contributed by atoms with Gasteiger partial charge in [-0.1, -0.05) is 12.1 Å². The van der Waals surface area contributed by atoms with Gasteiger partial charge in [-0.05, 0) is 60.7 Å². The molecule has 0 spiro atoms. The second kappa shape index (κ2) is 8.14. The lowest BCUT2D eigenvalue weighted by Crippen LogP contribution is -2.16. The van der Waals surface area contributed by atoms with Gasteiger partial charge in [0.2, 0.25) is 0 Å². The number of ether oxygens (including phenoxy) is 2. The van der Waals surface area contributed by atoms with E-state index in [1.807, 2.05) is 0 Å². The number of para-hydroxylation sites is 1. The van der Waals surface area contributed by atoms with Crippen LogP contribution < -0.4 is 14.2 Å². The molecule has 6 nitrogen and oxygen atoms in total. The van der Waals surface area contributed by atoms with Gasteiger partial charge in [-0.2, -0.15) is 0 Å². The summed E-state index contributed by atoms with van der Waals surface area (Å²) in [6.45, 7) is 0. The first kappa shape index (κ1) is 19.4. The summed E-state index contributed by atoms with van der Waals surface area (Å²) in [7, 11) is -0.820. The molecule has 0 heterocycles. The molecule has 144 valence electrons. The number of carbonyl (C=O) groups is 1. The molecule has 0 aromatic heterocycles. The van der Waals surface area contributed by atoms with Crippen LogP contribution >= 0.6 is 0 Å². The van der Waals surface area contributed by atoms with Crippen molar-refractivity contribution in [3.63, 3.8) is 0 Å². The van der Waals surface area contributed by atoms with E-state index in [0.29, 0.717) is 17.1 Å². The molecule has 7 heteroatoms. The van der Waals surface area contributed by atoms with Crippen LogP contribution in [0.5, 0.6) is 11.5 Å². The predicted molar refractivity (Wildman–Crippen MR) is 107 cm³/mol. The second-order valence-corrected chi connectivity index (χ2v) is 7.57. The van der Waals surface area contributed by atoms with E-state index in [1.165, 1.54) is 19.2 Å². The lowest BCUT2D eigenvalue weighted by atomic mass is 10.0. The third-order valence-corrected chi connectivity index (χ3v) is 5.52. The number of carbonyl (C=O) groups excluding carboxylic acids is 1. The Hall–Kier alpha value is -3.32. The van der Waals surface area contributed by atoms with Crippen LogP contribution in [0.25, 0.3) is 0 Å². The molecule has 0 radical (unpaired) electrons. The van der Waals surface area contributed by atoms with Crippen molar-refractivity contribution >= 4 is 21.5 Å².